The van der Waals surface area contributed by atoms with Gasteiger partial charge in [0.2, 0.25) is 0 Å². The first-order valence-corrected chi connectivity index (χ1v) is 15.0. The maximum absolute atomic E-state index is 11.7. The number of alkyl halides is 1. The zero-order valence-corrected chi connectivity index (χ0v) is 24.1. The van der Waals surface area contributed by atoms with Crippen molar-refractivity contribution in [3.05, 3.63) is 10.1 Å². The lowest BCUT2D eigenvalue weighted by Gasteiger charge is -2.65. The number of nitrogens with one attached hydrogen (secondary N) is 1. The van der Waals surface area contributed by atoms with Crippen molar-refractivity contribution in [3.8, 4) is 0 Å². The van der Waals surface area contributed by atoms with Gasteiger partial charge in [0.1, 0.15) is 12.1 Å². The lowest BCUT2D eigenvalue weighted by atomic mass is 9.43. The summed E-state index contributed by atoms with van der Waals surface area (Å²) >= 11 is 7.51. The maximum atomic E-state index is 11.7. The second kappa shape index (κ2) is 10.3. The van der Waals surface area contributed by atoms with Crippen LogP contribution in [-0.4, -0.2) is 28.0 Å². The molecule has 0 aliphatic heterocycles. The Bertz CT molecular complexity index is 838. The van der Waals surface area contributed by atoms with Crippen molar-refractivity contribution in [2.75, 3.05) is 0 Å². The summed E-state index contributed by atoms with van der Waals surface area (Å²) in [5, 5.41) is 11.3. The molecule has 4 fully saturated rings. The summed E-state index contributed by atoms with van der Waals surface area (Å²) in [7, 11) is 0. The van der Waals surface area contributed by atoms with Gasteiger partial charge >= 0.3 is 5.97 Å². The van der Waals surface area contributed by atoms with Gasteiger partial charge in [-0.2, -0.15) is 0 Å². The molecule has 0 saturated heterocycles. The summed E-state index contributed by atoms with van der Waals surface area (Å²) < 4.78 is 5.59. The van der Waals surface area contributed by atoms with Crippen molar-refractivity contribution in [3.63, 3.8) is 0 Å². The molecule has 0 heterocycles. The molecule has 0 bridgehead atoms. The molecule has 7 heteroatoms. The van der Waals surface area contributed by atoms with Gasteiger partial charge in [0.05, 0.1) is 4.87 Å². The first kappa shape index (κ1) is 28.0. The van der Waals surface area contributed by atoms with Gasteiger partial charge in [-0.1, -0.05) is 53.9 Å². The van der Waals surface area contributed by atoms with Gasteiger partial charge in [0.25, 0.3) is 0 Å². The number of halogens is 1. The number of fused-ring (bicyclic) bond motifs is 5. The van der Waals surface area contributed by atoms with Crippen LogP contribution in [0.15, 0.2) is 0 Å². The first-order valence-electron chi connectivity index (χ1n) is 14.6. The fourth-order valence-electron chi connectivity index (χ4n) is 9.88. The van der Waals surface area contributed by atoms with Gasteiger partial charge in [-0.15, -0.1) is 17.0 Å². The maximum Gasteiger partial charge on any atom is 0.302 e. The van der Waals surface area contributed by atoms with Crippen LogP contribution in [0.2, 0.25) is 0 Å². The van der Waals surface area contributed by atoms with Crippen LogP contribution in [0, 0.1) is 56.5 Å². The molecule has 4 aliphatic carbocycles. The van der Waals surface area contributed by atoms with Crippen molar-refractivity contribution < 1.29 is 14.6 Å². The second-order valence-electron chi connectivity index (χ2n) is 13.8. The summed E-state index contributed by atoms with van der Waals surface area (Å²) in [6.07, 6.45) is 11.4. The Morgan fingerprint density at radius 1 is 1.11 bits per heavy atom. The van der Waals surface area contributed by atoms with Crippen molar-refractivity contribution >= 4 is 17.6 Å². The van der Waals surface area contributed by atoms with Crippen molar-refractivity contribution in [2.45, 2.75) is 129 Å². The van der Waals surface area contributed by atoms with Crippen LogP contribution in [0.25, 0.3) is 0 Å². The second-order valence-corrected chi connectivity index (χ2v) is 14.5. The summed E-state index contributed by atoms with van der Waals surface area (Å²) in [5.74, 6) is 3.46. The number of esters is 1. The van der Waals surface area contributed by atoms with Gasteiger partial charge in [-0.25, -0.2) is 10.1 Å². The fraction of sp³-hybridized carbons (Fsp3) is 0.966. The van der Waals surface area contributed by atoms with Gasteiger partial charge in [0, 0.05) is 13.3 Å². The van der Waals surface area contributed by atoms with Crippen LogP contribution in [0.1, 0.15) is 112 Å². The molecule has 206 valence electrons. The molecule has 0 aromatic heterocycles. The molecule has 1 unspecified atom stereocenters. The monoisotopic (exact) mass is 524 g/mol. The lowest BCUT2D eigenvalue weighted by Crippen LogP contribution is -2.69. The van der Waals surface area contributed by atoms with E-state index in [1.54, 1.807) is 0 Å². The highest BCUT2D eigenvalue weighted by Gasteiger charge is 2.68. The highest BCUT2D eigenvalue weighted by Crippen LogP contribution is 2.70. The molecule has 4 saturated carbocycles. The molecule has 4 aliphatic rings. The summed E-state index contributed by atoms with van der Waals surface area (Å²) in [6, 6.07) is -0.427. The summed E-state index contributed by atoms with van der Waals surface area (Å²) in [6.45, 7) is 13.4. The average molecular weight is 525 g/mol. The standard InChI is InChI=1S/C29H49ClN2O4/c1-18(2)8-7-9-19(3)23-10-11-24-22-16-26(31-32(34)35)29(30)17-21(36-20(4)33)12-15-28(29,6)25(22)13-14-27(23,24)5/h18-19,21-26,31H,7-17H2,1-6H3/t19?,21-,22-,23+,24-,25-,26+,27+,28+,29-/m0/s1. The first-order chi connectivity index (χ1) is 16.8. The van der Waals surface area contributed by atoms with Crippen LogP contribution in [0.5, 0.6) is 0 Å². The quantitative estimate of drug-likeness (QED) is 0.158. The molecule has 0 spiro atoms. The Balaban J connectivity index is 1.59. The number of hydrogen-bond donors (Lipinski definition) is 1. The number of rotatable bonds is 8. The van der Waals surface area contributed by atoms with Crippen LogP contribution < -0.4 is 5.43 Å². The fourth-order valence-corrected chi connectivity index (χ4v) is 10.4. The smallest absolute Gasteiger partial charge is 0.302 e. The lowest BCUT2D eigenvalue weighted by molar-refractivity contribution is -0.554. The molecular formula is C29H49ClN2O4. The van der Waals surface area contributed by atoms with Gasteiger partial charge < -0.3 is 4.74 Å². The molecule has 4 rings (SSSR count). The predicted octanol–water partition coefficient (Wildman–Crippen LogP) is 7.16. The molecule has 0 aromatic rings. The minimum atomic E-state index is -0.796. The molecular weight excluding hydrogens is 476 g/mol. The third-order valence-electron chi connectivity index (χ3n) is 11.6. The van der Waals surface area contributed by atoms with Crippen molar-refractivity contribution in [1.82, 2.24) is 5.43 Å². The predicted molar refractivity (Wildman–Crippen MR) is 143 cm³/mol. The molecule has 0 aromatic carbocycles. The van der Waals surface area contributed by atoms with Crippen molar-refractivity contribution in [2.24, 2.45) is 46.3 Å². The number of ether oxygens (including phenoxy) is 1. The van der Waals surface area contributed by atoms with E-state index in [-0.39, 0.29) is 17.5 Å². The van der Waals surface area contributed by atoms with Crippen LogP contribution >= 0.6 is 11.6 Å². The minimum Gasteiger partial charge on any atom is -0.462 e. The summed E-state index contributed by atoms with van der Waals surface area (Å²) in [5.41, 5.74) is 2.76. The number of nitrogens with zero attached hydrogens (tertiary/aromatic N) is 1. The molecule has 0 radical (unpaired) electrons. The highest BCUT2D eigenvalue weighted by atomic mass is 35.5. The van der Waals surface area contributed by atoms with Crippen molar-refractivity contribution in [1.29, 1.82) is 0 Å². The molecule has 6 nitrogen and oxygen atoms in total. The largest absolute Gasteiger partial charge is 0.462 e. The SMILES string of the molecule is CC(=O)O[C@H]1CC[C@]2(C)[C@H]3CC[C@]4(C)[C@@H](C(C)CCCC(C)C)CC[C@H]4[C@@H]3C[C@@H](N[N+](=O)[O-])[C@@]2(Cl)C1. The van der Waals surface area contributed by atoms with E-state index in [2.05, 4.69) is 40.0 Å². The Kier molecular flexibility index (Phi) is 7.98. The van der Waals surface area contributed by atoms with E-state index in [0.29, 0.717) is 29.6 Å². The Labute approximate surface area is 223 Å². The van der Waals surface area contributed by atoms with E-state index in [9.17, 15) is 14.9 Å². The minimum absolute atomic E-state index is 0.218. The molecule has 36 heavy (non-hydrogen) atoms. The normalized spacial score (nSPS) is 44.8. The zero-order chi connectivity index (χ0) is 26.5. The van der Waals surface area contributed by atoms with Gasteiger partial charge in [0.15, 0.2) is 5.03 Å². The zero-order valence-electron chi connectivity index (χ0n) is 23.4. The van der Waals surface area contributed by atoms with Crippen LogP contribution in [0.3, 0.4) is 0 Å². The molecule has 10 atom stereocenters. The van der Waals surface area contributed by atoms with E-state index >= 15 is 0 Å². The van der Waals surface area contributed by atoms with E-state index in [1.165, 1.54) is 45.4 Å². The van der Waals surface area contributed by atoms with Gasteiger partial charge in [-0.3, -0.25) is 4.79 Å². The molecule has 1 N–H and O–H groups in total. The van der Waals surface area contributed by atoms with E-state index in [0.717, 1.165) is 43.4 Å². The topological polar surface area (TPSA) is 81.5 Å². The van der Waals surface area contributed by atoms with Gasteiger partial charge in [-0.05, 0) is 91.3 Å². The number of hydrogen-bond acceptors (Lipinski definition) is 4. The van der Waals surface area contributed by atoms with E-state index < -0.39 is 15.9 Å². The third kappa shape index (κ3) is 4.78. The van der Waals surface area contributed by atoms with Crippen LogP contribution in [-0.2, 0) is 9.53 Å². The Morgan fingerprint density at radius 3 is 2.47 bits per heavy atom. The third-order valence-corrected chi connectivity index (χ3v) is 12.4. The number of nitro groups is 1. The number of carbonyl (C=O) groups is 1. The van der Waals surface area contributed by atoms with Crippen LogP contribution in [0.4, 0.5) is 0 Å². The number of hydrazine groups is 1. The Morgan fingerprint density at radius 2 is 1.83 bits per heavy atom. The molecule has 0 amide bonds. The van der Waals surface area contributed by atoms with E-state index in [4.69, 9.17) is 16.3 Å². The summed E-state index contributed by atoms with van der Waals surface area (Å²) in [4.78, 5) is 22.6. The average Bonchev–Trinajstić information content (AvgIpc) is 3.12. The van der Waals surface area contributed by atoms with E-state index in [1.807, 2.05) is 0 Å². The number of carbonyl (C=O) groups excluding carboxylic acids is 1. The Hall–Kier alpha value is -1.04. The highest BCUT2D eigenvalue weighted by molar-refractivity contribution is 6.25.